The van der Waals surface area contributed by atoms with Crippen LogP contribution in [0.25, 0.3) is 0 Å². The summed E-state index contributed by atoms with van der Waals surface area (Å²) in [5.74, 6) is -13.1. The van der Waals surface area contributed by atoms with E-state index in [9.17, 15) is 118 Å². The number of carboxylic acids is 14. The van der Waals surface area contributed by atoms with Gasteiger partial charge in [-0.05, 0) is 83.1 Å². The first kappa shape index (κ1) is 162. The Morgan fingerprint density at radius 2 is 0.170 bits per heavy atom. The van der Waals surface area contributed by atoms with Gasteiger partial charge in [0, 0.05) is 114 Å². The number of hydrogen-bond acceptors (Lipinski definition) is 24. The Hall–Kier alpha value is -4.38. The first-order valence-electron chi connectivity index (χ1n) is 30.3. The van der Waals surface area contributed by atoms with Gasteiger partial charge in [0.05, 0.1) is 21.7 Å². The van der Waals surface area contributed by atoms with Crippen LogP contribution in [0.2, 0.25) is 0 Å². The molecule has 632 valence electrons. The molecule has 0 atom stereocenters. The van der Waals surface area contributed by atoms with Crippen LogP contribution in [0.3, 0.4) is 0 Å². The van der Waals surface area contributed by atoms with E-state index in [4.69, 9.17) is 20.4 Å². The van der Waals surface area contributed by atoms with E-state index in [0.29, 0.717) is 0 Å². The molecule has 0 spiro atoms. The molecule has 0 bridgehead atoms. The molecule has 30 nitrogen and oxygen atoms in total. The van der Waals surface area contributed by atoms with Crippen LogP contribution in [-0.4, -0.2) is 104 Å². The average Bonchev–Trinajstić information content (AvgIpc) is 3.27. The summed E-state index contributed by atoms with van der Waals surface area (Å²) < 4.78 is 0. The predicted octanol–water partition coefficient (Wildman–Crippen LogP) is 2.04. The third-order valence-corrected chi connectivity index (χ3v) is 8.69. The van der Waals surface area contributed by atoms with E-state index in [1.165, 1.54) is 0 Å². The van der Waals surface area contributed by atoms with Crippen molar-refractivity contribution in [3.8, 4) is 0 Å². The van der Waals surface area contributed by atoms with Crippen molar-refractivity contribution in [2.45, 2.75) is 291 Å². The Bertz CT molecular complexity index is 1780. The minimum atomic E-state index is -1.01. The molecule has 36 heteroatoms. The molecular weight excluding hydrogens is 1650 g/mol. The van der Waals surface area contributed by atoms with E-state index >= 15 is 0 Å². The Balaban J connectivity index is -0.0000000356. The summed E-state index contributed by atoms with van der Waals surface area (Å²) >= 11 is 0. The molecule has 4 radical (unpaired) electrons. The van der Waals surface area contributed by atoms with E-state index < -0.39 is 159 Å². The average molecular weight is 1780 g/mol. The van der Waals surface area contributed by atoms with Gasteiger partial charge in [-0.15, -0.1) is 0 Å². The Morgan fingerprint density at radius 1 is 0.151 bits per heavy atom. The van der Waals surface area contributed by atoms with E-state index in [1.54, 1.807) is 291 Å². The second kappa shape index (κ2) is 67.5. The van der Waals surface area contributed by atoms with E-state index in [0.717, 1.165) is 0 Å². The molecule has 0 aromatic rings. The van der Waals surface area contributed by atoms with Crippen LogP contribution in [0.1, 0.15) is 291 Å². The molecule has 0 aromatic heterocycles. The molecule has 0 saturated carbocycles. The third-order valence-electron chi connectivity index (χ3n) is 8.69. The van der Waals surface area contributed by atoms with Gasteiger partial charge in [0.25, 0.3) is 0 Å². The zero-order chi connectivity index (χ0) is 85.1. The zero-order valence-electron chi connectivity index (χ0n) is 70.7. The fourth-order valence-corrected chi connectivity index (χ4v) is 0. The van der Waals surface area contributed by atoms with Crippen molar-refractivity contribution < 1.29 is 252 Å². The van der Waals surface area contributed by atoms with Crippen molar-refractivity contribution in [3.05, 3.63) is 0 Å². The summed E-state index contributed by atoms with van der Waals surface area (Å²) in [5, 5.41) is 132. The smallest absolute Gasteiger partial charge is 2.00 e. The van der Waals surface area contributed by atoms with Gasteiger partial charge >= 0.3 is 126 Å². The molecule has 0 heterocycles. The molecule has 0 aromatic carbocycles. The summed E-state index contributed by atoms with van der Waals surface area (Å²) in [6.45, 7) is 67.9. The Kier molecular flexibility index (Phi) is 103. The van der Waals surface area contributed by atoms with Gasteiger partial charge < -0.3 is 130 Å². The first-order valence-corrected chi connectivity index (χ1v) is 30.3. The molecule has 0 aliphatic heterocycles. The molecule has 4 N–H and O–H groups in total. The fourth-order valence-electron chi connectivity index (χ4n) is 0. The monoisotopic (exact) mass is 1780 g/mol. The van der Waals surface area contributed by atoms with Gasteiger partial charge in [-0.3, -0.25) is 19.2 Å². The van der Waals surface area contributed by atoms with Crippen molar-refractivity contribution in [1.82, 2.24) is 0 Å². The normalized spacial score (nSPS) is 10.4. The topological polar surface area (TPSA) is 607 Å². The summed E-state index contributed by atoms with van der Waals surface area (Å²) in [7, 11) is 0. The molecular formula is C70H130Mn6O30. The molecule has 0 unspecified atom stereocenters. The molecule has 0 amide bonds. The zero-order valence-corrected chi connectivity index (χ0v) is 77.8. The third kappa shape index (κ3) is 153. The summed E-state index contributed by atoms with van der Waals surface area (Å²) in [4.78, 5) is 139. The number of hydrogen-bond donors (Lipinski definition) is 4. The Morgan fingerprint density at radius 3 is 0.170 bits per heavy atom. The maximum Gasteiger partial charge on any atom is 3.00 e. The summed E-state index contributed by atoms with van der Waals surface area (Å²) in [6.07, 6.45) is 0. The van der Waals surface area contributed by atoms with Crippen molar-refractivity contribution in [1.29, 1.82) is 0 Å². The number of rotatable bonds is 0. The predicted molar refractivity (Wildman–Crippen MR) is 354 cm³/mol. The van der Waals surface area contributed by atoms with Crippen LogP contribution in [-0.2, 0) is 180 Å². The molecule has 0 aliphatic rings. The minimum Gasteiger partial charge on any atom is -2.00 e. The van der Waals surface area contributed by atoms with Gasteiger partial charge in [0.15, 0.2) is 0 Å². The van der Waals surface area contributed by atoms with Crippen molar-refractivity contribution >= 4 is 83.6 Å². The van der Waals surface area contributed by atoms with E-state index in [-0.39, 0.29) is 113 Å². The van der Waals surface area contributed by atoms with Crippen molar-refractivity contribution in [2.24, 2.45) is 75.8 Å². The molecule has 0 fully saturated rings. The Labute approximate surface area is 697 Å². The van der Waals surface area contributed by atoms with Gasteiger partial charge in [0.1, 0.15) is 0 Å². The van der Waals surface area contributed by atoms with Crippen molar-refractivity contribution in [2.75, 3.05) is 0 Å². The van der Waals surface area contributed by atoms with Gasteiger partial charge in [-0.1, -0.05) is 208 Å². The summed E-state index contributed by atoms with van der Waals surface area (Å²) in [5.41, 5.74) is -9.28. The standard InChI is InChI=1S/14C5H10O2.6Mn.2O/c14*1-5(2,3)4(6)7;;;;;;;;/h14*1-3H3,(H,6,7);;;;;;;;/q;;;;;;;;;;;;;;4*+2;2*+3;2*-2/p-10. The second-order valence-corrected chi connectivity index (χ2v) is 35.6. The van der Waals surface area contributed by atoms with Crippen LogP contribution in [0, 0.1) is 75.8 Å². The van der Waals surface area contributed by atoms with Gasteiger partial charge in [0.2, 0.25) is 0 Å². The largest absolute Gasteiger partial charge is 3.00 e. The first-order chi connectivity index (χ1) is 41.2. The number of carbonyl (C=O) groups is 14. The SMILES string of the molecule is CC(C)(C)C(=O)O.CC(C)(C)C(=O)O.CC(C)(C)C(=O)O.CC(C)(C)C(=O)O.CC(C)(C)C(=O)[O-].CC(C)(C)C(=O)[O-].CC(C)(C)C(=O)[O-].CC(C)(C)C(=O)[O-].CC(C)(C)C(=O)[O-].CC(C)(C)C(=O)[O-].CC(C)(C)C(=O)[O-].CC(C)(C)C(=O)[O-].CC(C)(C)C(=O)[O-].CC(C)(C)C(=O)[O-].[Mn+2].[Mn+2].[Mn+2].[Mn+2].[Mn+3].[Mn+3].[O-2].[O-2]. The van der Waals surface area contributed by atoms with Crippen LogP contribution >= 0.6 is 0 Å². The number of carbonyl (C=O) groups excluding carboxylic acids is 10. The maximum absolute atomic E-state index is 10.0. The molecule has 0 aliphatic carbocycles. The van der Waals surface area contributed by atoms with Gasteiger partial charge in [-0.25, -0.2) is 0 Å². The van der Waals surface area contributed by atoms with E-state index in [2.05, 4.69) is 0 Å². The van der Waals surface area contributed by atoms with Crippen LogP contribution < -0.4 is 51.1 Å². The van der Waals surface area contributed by atoms with E-state index in [1.807, 2.05) is 0 Å². The van der Waals surface area contributed by atoms with Gasteiger partial charge in [-0.2, -0.15) is 0 Å². The maximum atomic E-state index is 10.0. The second-order valence-electron chi connectivity index (χ2n) is 35.6. The quantitative estimate of drug-likeness (QED) is 0.252. The van der Waals surface area contributed by atoms with Crippen molar-refractivity contribution in [3.63, 3.8) is 0 Å². The van der Waals surface area contributed by atoms with Crippen LogP contribution in [0.15, 0.2) is 0 Å². The molecule has 0 saturated heterocycles. The molecule has 106 heavy (non-hydrogen) atoms. The fraction of sp³-hybridized carbons (Fsp3) is 0.800. The number of aliphatic carboxylic acids is 14. The molecule has 0 rings (SSSR count). The van der Waals surface area contributed by atoms with Crippen LogP contribution in [0.4, 0.5) is 0 Å². The number of carboxylic acid groups (broad SMARTS) is 14. The van der Waals surface area contributed by atoms with Crippen LogP contribution in [0.5, 0.6) is 0 Å². The minimum absolute atomic E-state index is 0. The summed E-state index contributed by atoms with van der Waals surface area (Å²) in [6, 6.07) is 0.